The summed E-state index contributed by atoms with van der Waals surface area (Å²) in [7, 11) is 0. The molecule has 1 unspecified atom stereocenters. The van der Waals surface area contributed by atoms with E-state index in [1.165, 1.54) is 0 Å². The predicted molar refractivity (Wildman–Crippen MR) is 117 cm³/mol. The van der Waals surface area contributed by atoms with Gasteiger partial charge in [0.25, 0.3) is 0 Å². The molecule has 0 fully saturated rings. The van der Waals surface area contributed by atoms with Crippen molar-refractivity contribution in [3.63, 3.8) is 0 Å². The van der Waals surface area contributed by atoms with Crippen LogP contribution in [0.3, 0.4) is 0 Å². The summed E-state index contributed by atoms with van der Waals surface area (Å²) in [6.07, 6.45) is 5.85. The van der Waals surface area contributed by atoms with Crippen LogP contribution in [-0.4, -0.2) is 21.6 Å². The topological polar surface area (TPSA) is 71.3 Å². The van der Waals surface area contributed by atoms with Crippen molar-refractivity contribution in [2.75, 3.05) is 5.32 Å². The third-order valence-electron chi connectivity index (χ3n) is 5.43. The normalized spacial score (nSPS) is 12.1. The Balaban J connectivity index is 1.91. The number of amides is 1. The fraction of sp³-hybridized carbons (Fsp3) is 0.333. The van der Waals surface area contributed by atoms with Gasteiger partial charge in [0.1, 0.15) is 0 Å². The summed E-state index contributed by atoms with van der Waals surface area (Å²) in [6.45, 7) is 6.09. The summed E-state index contributed by atoms with van der Waals surface area (Å²) in [5, 5.41) is 13.3. The van der Waals surface area contributed by atoms with Gasteiger partial charge < -0.3 is 15.0 Å². The van der Waals surface area contributed by atoms with Crippen LogP contribution < -0.4 is 5.32 Å². The van der Waals surface area contributed by atoms with Crippen molar-refractivity contribution in [1.82, 2.24) is 4.57 Å². The molecule has 0 saturated heterocycles. The first kappa shape index (κ1) is 20.6. The number of carboxylic acid groups (broad SMARTS) is 1. The summed E-state index contributed by atoms with van der Waals surface area (Å²) < 4.78 is 2.03. The Morgan fingerprint density at radius 2 is 1.90 bits per heavy atom. The highest BCUT2D eigenvalue weighted by Gasteiger charge is 2.16. The highest BCUT2D eigenvalue weighted by atomic mass is 16.4. The van der Waals surface area contributed by atoms with Crippen LogP contribution in [0.5, 0.6) is 0 Å². The Kier molecular flexibility index (Phi) is 6.37. The van der Waals surface area contributed by atoms with E-state index in [1.807, 2.05) is 48.0 Å². The molecule has 152 valence electrons. The number of unbranched alkanes of at least 4 members (excludes halogenated alkanes) is 1. The molecule has 29 heavy (non-hydrogen) atoms. The van der Waals surface area contributed by atoms with E-state index < -0.39 is 5.97 Å². The van der Waals surface area contributed by atoms with E-state index in [1.54, 1.807) is 12.1 Å². The maximum atomic E-state index is 12.7. The second kappa shape index (κ2) is 8.95. The van der Waals surface area contributed by atoms with Gasteiger partial charge in [0.2, 0.25) is 5.91 Å². The van der Waals surface area contributed by atoms with Crippen molar-refractivity contribution in [3.8, 4) is 5.69 Å². The molecule has 3 rings (SSSR count). The number of aromatic carboxylic acids is 1. The van der Waals surface area contributed by atoms with Crippen molar-refractivity contribution < 1.29 is 14.7 Å². The molecule has 0 saturated carbocycles. The van der Waals surface area contributed by atoms with Gasteiger partial charge in [-0.05, 0) is 61.7 Å². The number of nitrogens with one attached hydrogen (secondary N) is 1. The Morgan fingerprint density at radius 1 is 1.10 bits per heavy atom. The summed E-state index contributed by atoms with van der Waals surface area (Å²) in [5.41, 5.74) is 3.81. The van der Waals surface area contributed by atoms with Crippen LogP contribution in [-0.2, 0) is 4.79 Å². The van der Waals surface area contributed by atoms with Gasteiger partial charge in [-0.15, -0.1) is 0 Å². The fourth-order valence-corrected chi connectivity index (χ4v) is 3.69. The number of carbonyl (C=O) groups excluding carboxylic acids is 1. The second-order valence-corrected chi connectivity index (χ2v) is 7.50. The number of fused-ring (bicyclic) bond motifs is 1. The predicted octanol–water partition coefficient (Wildman–Crippen LogP) is 5.79. The maximum absolute atomic E-state index is 12.7. The Morgan fingerprint density at radius 3 is 2.55 bits per heavy atom. The van der Waals surface area contributed by atoms with Gasteiger partial charge in [-0.3, -0.25) is 4.79 Å². The average molecular weight is 392 g/mol. The molecule has 3 aromatic rings. The summed E-state index contributed by atoms with van der Waals surface area (Å²) >= 11 is 0. The number of benzene rings is 2. The maximum Gasteiger partial charge on any atom is 0.335 e. The smallest absolute Gasteiger partial charge is 0.335 e. The lowest BCUT2D eigenvalue weighted by molar-refractivity contribution is -0.120. The number of aryl methyl sites for hydroxylation is 1. The van der Waals surface area contributed by atoms with Crippen molar-refractivity contribution in [2.24, 2.45) is 5.92 Å². The molecule has 2 aromatic carbocycles. The van der Waals surface area contributed by atoms with E-state index >= 15 is 0 Å². The van der Waals surface area contributed by atoms with Gasteiger partial charge in [-0.2, -0.15) is 0 Å². The van der Waals surface area contributed by atoms with E-state index in [2.05, 4.69) is 19.2 Å². The van der Waals surface area contributed by atoms with Crippen LogP contribution >= 0.6 is 0 Å². The van der Waals surface area contributed by atoms with Gasteiger partial charge in [0, 0.05) is 28.9 Å². The molecule has 0 radical (unpaired) electrons. The van der Waals surface area contributed by atoms with Gasteiger partial charge in [0.15, 0.2) is 0 Å². The molecule has 2 N–H and O–H groups in total. The van der Waals surface area contributed by atoms with E-state index in [9.17, 15) is 14.7 Å². The first-order valence-electron chi connectivity index (χ1n) is 10.2. The van der Waals surface area contributed by atoms with Gasteiger partial charge in [-0.25, -0.2) is 4.79 Å². The first-order chi connectivity index (χ1) is 13.9. The van der Waals surface area contributed by atoms with Crippen molar-refractivity contribution in [2.45, 2.75) is 46.5 Å². The summed E-state index contributed by atoms with van der Waals surface area (Å²) in [5.74, 6) is -0.834. The van der Waals surface area contributed by atoms with E-state index in [-0.39, 0.29) is 17.4 Å². The van der Waals surface area contributed by atoms with Gasteiger partial charge in [-0.1, -0.05) is 32.8 Å². The molecule has 1 aromatic heterocycles. The molecular formula is C24H28N2O3. The monoisotopic (exact) mass is 392 g/mol. The van der Waals surface area contributed by atoms with Crippen molar-refractivity contribution >= 4 is 28.5 Å². The Bertz CT molecular complexity index is 1040. The van der Waals surface area contributed by atoms with Crippen LogP contribution in [0.1, 0.15) is 55.5 Å². The molecule has 5 heteroatoms. The molecule has 0 spiro atoms. The summed E-state index contributed by atoms with van der Waals surface area (Å²) in [6, 6.07) is 13.0. The number of hydrogen-bond acceptors (Lipinski definition) is 2. The number of rotatable bonds is 8. The average Bonchev–Trinajstić information content (AvgIpc) is 3.11. The van der Waals surface area contributed by atoms with Crippen LogP contribution in [0.15, 0.2) is 48.7 Å². The second-order valence-electron chi connectivity index (χ2n) is 7.50. The molecule has 0 aliphatic heterocycles. The largest absolute Gasteiger partial charge is 0.478 e. The SMILES string of the molecule is CCCCC(CC)C(=O)Nc1ccc2ccn(-c3ccc(C(=O)O)cc3C)c2c1. The Labute approximate surface area is 171 Å². The Hall–Kier alpha value is -3.08. The lowest BCUT2D eigenvalue weighted by Crippen LogP contribution is -2.22. The first-order valence-corrected chi connectivity index (χ1v) is 10.2. The van der Waals surface area contributed by atoms with Crippen LogP contribution in [0.2, 0.25) is 0 Å². The van der Waals surface area contributed by atoms with Crippen LogP contribution in [0, 0.1) is 12.8 Å². The standard InChI is InChI=1S/C24H28N2O3/c1-4-6-7-17(5-2)23(27)25-20-10-8-18-12-13-26(22(18)15-20)21-11-9-19(24(28)29)14-16(21)3/h8-15,17H,4-7H2,1-3H3,(H,25,27)(H,28,29). The molecule has 0 bridgehead atoms. The molecule has 5 nitrogen and oxygen atoms in total. The number of nitrogens with zero attached hydrogens (tertiary/aromatic N) is 1. The molecular weight excluding hydrogens is 364 g/mol. The van der Waals surface area contributed by atoms with E-state index in [4.69, 9.17) is 0 Å². The van der Waals surface area contributed by atoms with Crippen molar-refractivity contribution in [1.29, 1.82) is 0 Å². The quantitative estimate of drug-likeness (QED) is 0.509. The molecule has 1 atom stereocenters. The van der Waals surface area contributed by atoms with Crippen LogP contribution in [0.25, 0.3) is 16.6 Å². The number of aromatic nitrogens is 1. The highest BCUT2D eigenvalue weighted by Crippen LogP contribution is 2.27. The number of hydrogen-bond donors (Lipinski definition) is 2. The van der Waals surface area contributed by atoms with Crippen LogP contribution in [0.4, 0.5) is 5.69 Å². The molecule has 1 heterocycles. The zero-order valence-electron chi connectivity index (χ0n) is 17.2. The zero-order chi connectivity index (χ0) is 21.0. The minimum absolute atomic E-state index is 0.0308. The molecule has 0 aliphatic rings. The summed E-state index contributed by atoms with van der Waals surface area (Å²) in [4.78, 5) is 23.9. The van der Waals surface area contributed by atoms with E-state index in [0.29, 0.717) is 0 Å². The number of carboxylic acids is 1. The minimum Gasteiger partial charge on any atom is -0.478 e. The lowest BCUT2D eigenvalue weighted by atomic mass is 9.98. The van der Waals surface area contributed by atoms with E-state index in [0.717, 1.165) is 53.5 Å². The third kappa shape index (κ3) is 4.50. The van der Waals surface area contributed by atoms with Gasteiger partial charge >= 0.3 is 5.97 Å². The zero-order valence-corrected chi connectivity index (χ0v) is 17.2. The minimum atomic E-state index is -0.935. The lowest BCUT2D eigenvalue weighted by Gasteiger charge is -2.15. The number of anilines is 1. The van der Waals surface area contributed by atoms with Crippen molar-refractivity contribution in [3.05, 3.63) is 59.8 Å². The van der Waals surface area contributed by atoms with Gasteiger partial charge in [0.05, 0.1) is 11.1 Å². The number of carbonyl (C=O) groups is 2. The fourth-order valence-electron chi connectivity index (χ4n) is 3.69. The molecule has 1 amide bonds. The highest BCUT2D eigenvalue weighted by molar-refractivity contribution is 5.95. The molecule has 0 aliphatic carbocycles. The third-order valence-corrected chi connectivity index (χ3v) is 5.43.